The molecule has 136 valence electrons. The van der Waals surface area contributed by atoms with Crippen molar-refractivity contribution in [2.24, 2.45) is 0 Å². The van der Waals surface area contributed by atoms with Crippen LogP contribution >= 0.6 is 11.3 Å². The molecule has 4 rings (SSSR count). The molecule has 27 heavy (non-hydrogen) atoms. The smallest absolute Gasteiger partial charge is 0.293 e. The number of hydrogen-bond acceptors (Lipinski definition) is 6. The minimum absolute atomic E-state index is 0.222. The van der Waals surface area contributed by atoms with Gasteiger partial charge in [-0.05, 0) is 42.0 Å². The number of rotatable bonds is 3. The number of fused-ring (bicyclic) bond motifs is 1. The first kappa shape index (κ1) is 17.1. The molecule has 3 aromatic rings. The van der Waals surface area contributed by atoms with Crippen molar-refractivity contribution in [3.63, 3.8) is 0 Å². The minimum Gasteiger partial charge on any atom is -0.497 e. The molecule has 0 fully saturated rings. The number of carbonyl (C=O) groups excluding carboxylic acids is 1. The van der Waals surface area contributed by atoms with Crippen LogP contribution in [0.1, 0.15) is 5.56 Å². The zero-order valence-electron chi connectivity index (χ0n) is 14.8. The summed E-state index contributed by atoms with van der Waals surface area (Å²) in [5.41, 5.74) is 8.88. The van der Waals surface area contributed by atoms with E-state index < -0.39 is 0 Å². The predicted molar refractivity (Wildman–Crippen MR) is 107 cm³/mol. The first-order chi connectivity index (χ1) is 13.0. The molecule has 2 aromatic carbocycles. The lowest BCUT2D eigenvalue weighted by Crippen LogP contribution is -2.33. The molecular weight excluding hydrogens is 362 g/mol. The molecule has 0 atom stereocenters. The van der Waals surface area contributed by atoms with Crippen LogP contribution in [-0.2, 0) is 4.79 Å². The maximum Gasteiger partial charge on any atom is 0.293 e. The van der Waals surface area contributed by atoms with Crippen LogP contribution in [0, 0.1) is 0 Å². The highest BCUT2D eigenvalue weighted by Gasteiger charge is 2.28. The quantitative estimate of drug-likeness (QED) is 0.701. The number of amides is 1. The van der Waals surface area contributed by atoms with E-state index in [9.17, 15) is 4.79 Å². The fourth-order valence-electron chi connectivity index (χ4n) is 2.86. The number of nitrogens with two attached hydrogens (primary N) is 1. The number of nitrogen functional groups attached to an aromatic ring is 1. The van der Waals surface area contributed by atoms with E-state index in [-0.39, 0.29) is 11.7 Å². The van der Waals surface area contributed by atoms with Gasteiger partial charge >= 0.3 is 0 Å². The van der Waals surface area contributed by atoms with Crippen molar-refractivity contribution in [1.82, 2.24) is 4.98 Å². The van der Waals surface area contributed by atoms with Gasteiger partial charge in [0.25, 0.3) is 5.91 Å². The van der Waals surface area contributed by atoms with Gasteiger partial charge in [0.2, 0.25) is 0 Å². The predicted octanol–water partition coefficient (Wildman–Crippen LogP) is 3.80. The molecule has 1 amide bonds. The van der Waals surface area contributed by atoms with Gasteiger partial charge in [-0.1, -0.05) is 12.1 Å². The monoisotopic (exact) mass is 379 g/mol. The molecule has 0 radical (unpaired) electrons. The van der Waals surface area contributed by atoms with E-state index in [2.05, 4.69) is 4.98 Å². The third-order valence-corrected chi connectivity index (χ3v) is 4.94. The maximum atomic E-state index is 12.8. The summed E-state index contributed by atoms with van der Waals surface area (Å²) < 4.78 is 11.1. The second-order valence-corrected chi connectivity index (χ2v) is 6.89. The van der Waals surface area contributed by atoms with Crippen LogP contribution in [0.2, 0.25) is 0 Å². The summed E-state index contributed by atoms with van der Waals surface area (Å²) in [5.74, 6) is 1.36. The first-order valence-corrected chi connectivity index (χ1v) is 9.10. The maximum absolute atomic E-state index is 12.8. The van der Waals surface area contributed by atoms with Gasteiger partial charge in [0.1, 0.15) is 5.75 Å². The van der Waals surface area contributed by atoms with Crippen LogP contribution in [0.25, 0.3) is 17.3 Å². The van der Waals surface area contributed by atoms with Crippen LogP contribution in [0.15, 0.2) is 53.6 Å². The summed E-state index contributed by atoms with van der Waals surface area (Å²) in [6, 6.07) is 13.1. The Labute approximate surface area is 160 Å². The average Bonchev–Trinajstić information content (AvgIpc) is 3.12. The van der Waals surface area contributed by atoms with Gasteiger partial charge in [0.05, 0.1) is 18.5 Å². The number of likely N-dealkylation sites (N-methyl/N-ethyl adjacent to an activating group) is 1. The van der Waals surface area contributed by atoms with Gasteiger partial charge in [0, 0.05) is 18.0 Å². The zero-order valence-corrected chi connectivity index (χ0v) is 15.6. The fourth-order valence-corrected chi connectivity index (χ4v) is 3.43. The van der Waals surface area contributed by atoms with Crippen molar-refractivity contribution >= 4 is 34.1 Å². The van der Waals surface area contributed by atoms with Crippen LogP contribution in [0.3, 0.4) is 0 Å². The molecule has 1 aliphatic rings. The highest BCUT2D eigenvalue weighted by atomic mass is 32.1. The Kier molecular flexibility index (Phi) is 4.29. The molecule has 2 heterocycles. The third kappa shape index (κ3) is 3.24. The number of anilines is 2. The van der Waals surface area contributed by atoms with Crippen molar-refractivity contribution in [2.45, 2.75) is 0 Å². The van der Waals surface area contributed by atoms with Gasteiger partial charge < -0.3 is 20.1 Å². The highest BCUT2D eigenvalue weighted by molar-refractivity contribution is 7.13. The molecule has 0 spiro atoms. The number of nitrogens with zero attached hydrogens (tertiary/aromatic N) is 2. The third-order valence-electron chi connectivity index (χ3n) is 4.26. The number of aromatic nitrogens is 1. The number of benzene rings is 2. The normalized spacial score (nSPS) is 14.8. The lowest BCUT2D eigenvalue weighted by molar-refractivity contribution is -0.117. The number of methoxy groups -OCH3 is 1. The zero-order chi connectivity index (χ0) is 19.0. The first-order valence-electron chi connectivity index (χ1n) is 8.22. The molecule has 2 N–H and O–H groups in total. The van der Waals surface area contributed by atoms with Gasteiger partial charge in [-0.2, -0.15) is 0 Å². The molecule has 1 aliphatic heterocycles. The van der Waals surface area contributed by atoms with Gasteiger partial charge in [0.15, 0.2) is 16.6 Å². The summed E-state index contributed by atoms with van der Waals surface area (Å²) in [4.78, 5) is 18.6. The molecule has 0 aliphatic carbocycles. The molecule has 0 bridgehead atoms. The van der Waals surface area contributed by atoms with Crippen LogP contribution in [-0.4, -0.2) is 25.0 Å². The van der Waals surface area contributed by atoms with Crippen molar-refractivity contribution in [3.8, 4) is 22.8 Å². The second-order valence-electron chi connectivity index (χ2n) is 6.00. The van der Waals surface area contributed by atoms with Crippen molar-refractivity contribution < 1.29 is 14.3 Å². The molecule has 1 aromatic heterocycles. The molecule has 7 heteroatoms. The van der Waals surface area contributed by atoms with Crippen molar-refractivity contribution in [2.75, 3.05) is 24.8 Å². The van der Waals surface area contributed by atoms with Crippen molar-refractivity contribution in [3.05, 3.63) is 59.2 Å². The van der Waals surface area contributed by atoms with E-state index in [4.69, 9.17) is 15.2 Å². The lowest BCUT2D eigenvalue weighted by atomic mass is 10.1. The average molecular weight is 379 g/mol. The lowest BCUT2D eigenvalue weighted by Gasteiger charge is -2.27. The fraction of sp³-hybridized carbons (Fsp3) is 0.100. The summed E-state index contributed by atoms with van der Waals surface area (Å²) >= 11 is 1.38. The van der Waals surface area contributed by atoms with Crippen LogP contribution in [0.4, 0.5) is 10.8 Å². The molecule has 0 saturated carbocycles. The van der Waals surface area contributed by atoms with E-state index in [1.54, 1.807) is 25.1 Å². The topological polar surface area (TPSA) is 77.7 Å². The standard InChI is InChI=1S/C20H17N3O3S/c1-23-16-10-13(15-11-27-20(21)22-15)6-7-17(16)26-18(19(23)24)9-12-4-3-5-14(8-12)25-2/h3-11H,1-2H3,(H2,21,22)/b18-9+. The molecule has 0 unspecified atom stereocenters. The molecule has 6 nitrogen and oxygen atoms in total. The Bertz CT molecular complexity index is 1060. The van der Waals surface area contributed by atoms with Gasteiger partial charge in [-0.15, -0.1) is 11.3 Å². The summed E-state index contributed by atoms with van der Waals surface area (Å²) in [6.07, 6.45) is 1.71. The largest absolute Gasteiger partial charge is 0.497 e. The Hall–Kier alpha value is -3.32. The number of carbonyl (C=O) groups is 1. The summed E-state index contributed by atoms with van der Waals surface area (Å²) in [6.45, 7) is 0. The van der Waals surface area contributed by atoms with E-state index in [0.29, 0.717) is 22.3 Å². The number of ether oxygens (including phenoxy) is 2. The SMILES string of the molecule is COc1cccc(/C=C2/Oc3ccc(-c4csc(N)n4)cc3N(C)C2=O)c1. The van der Waals surface area contributed by atoms with Crippen molar-refractivity contribution in [1.29, 1.82) is 0 Å². The number of hydrogen-bond donors (Lipinski definition) is 1. The molecule has 0 saturated heterocycles. The van der Waals surface area contributed by atoms with E-state index in [1.807, 2.05) is 47.8 Å². The number of thiazole rings is 1. The highest BCUT2D eigenvalue weighted by Crippen LogP contribution is 2.38. The Morgan fingerprint density at radius 3 is 2.85 bits per heavy atom. The Balaban J connectivity index is 1.70. The van der Waals surface area contributed by atoms with E-state index in [1.165, 1.54) is 11.3 Å². The summed E-state index contributed by atoms with van der Waals surface area (Å²) in [5, 5.41) is 2.39. The van der Waals surface area contributed by atoms with Crippen LogP contribution < -0.4 is 20.1 Å². The van der Waals surface area contributed by atoms with E-state index >= 15 is 0 Å². The van der Waals surface area contributed by atoms with Gasteiger partial charge in [-0.3, -0.25) is 4.79 Å². The Morgan fingerprint density at radius 1 is 1.26 bits per heavy atom. The van der Waals surface area contributed by atoms with Gasteiger partial charge in [-0.25, -0.2) is 4.98 Å². The second kappa shape index (κ2) is 6.77. The van der Waals surface area contributed by atoms with Crippen LogP contribution in [0.5, 0.6) is 11.5 Å². The molecular formula is C20H17N3O3S. The van der Waals surface area contributed by atoms with E-state index in [0.717, 1.165) is 16.8 Å². The summed E-state index contributed by atoms with van der Waals surface area (Å²) in [7, 11) is 3.33. The minimum atomic E-state index is -0.222. The Morgan fingerprint density at radius 2 is 2.11 bits per heavy atom.